The molecule has 1 aliphatic heterocycles. The fraction of sp³-hybridized carbons (Fsp3) is 1.00. The molecule has 14 heavy (non-hydrogen) atoms. The van der Waals surface area contributed by atoms with Crippen LogP contribution in [0.2, 0.25) is 0 Å². The second-order valence-electron chi connectivity index (χ2n) is 3.95. The fourth-order valence-corrected chi connectivity index (χ4v) is 1.69. The Bertz CT molecular complexity index is 134. The van der Waals surface area contributed by atoms with Crippen molar-refractivity contribution in [3.8, 4) is 0 Å². The minimum absolute atomic E-state index is 0.318. The average molecular weight is 200 g/mol. The molecule has 1 heterocycles. The van der Waals surface area contributed by atoms with Gasteiger partial charge in [0.1, 0.15) is 6.29 Å². The van der Waals surface area contributed by atoms with Crippen molar-refractivity contribution in [3.63, 3.8) is 0 Å². The lowest BCUT2D eigenvalue weighted by molar-refractivity contribution is 0.280. The second-order valence-corrected chi connectivity index (χ2v) is 3.95. The van der Waals surface area contributed by atoms with Crippen LogP contribution in [0.25, 0.3) is 0 Å². The summed E-state index contributed by atoms with van der Waals surface area (Å²) in [4.78, 5) is 2.36. The predicted octanol–water partition coefficient (Wildman–Crippen LogP) is -0.216. The Morgan fingerprint density at radius 2 is 2.00 bits per heavy atom. The van der Waals surface area contributed by atoms with Crippen molar-refractivity contribution < 1.29 is 0 Å². The predicted molar refractivity (Wildman–Crippen MR) is 60.2 cm³/mol. The molecule has 0 unspecified atom stereocenters. The van der Waals surface area contributed by atoms with Gasteiger partial charge in [-0.1, -0.05) is 6.92 Å². The van der Waals surface area contributed by atoms with Gasteiger partial charge >= 0.3 is 0 Å². The Balaban J connectivity index is 1.96. The standard InChI is InChI=1S/C10H24N4/c1-3-8-14(2)9-7-13-10-11-5-4-6-12-10/h10-13H,3-9H2,1-2H3. The van der Waals surface area contributed by atoms with Gasteiger partial charge in [-0.15, -0.1) is 0 Å². The van der Waals surface area contributed by atoms with Crippen LogP contribution in [0, 0.1) is 0 Å². The molecule has 0 aliphatic carbocycles. The van der Waals surface area contributed by atoms with E-state index in [1.807, 2.05) is 0 Å². The summed E-state index contributed by atoms with van der Waals surface area (Å²) in [6, 6.07) is 0. The van der Waals surface area contributed by atoms with E-state index in [1.54, 1.807) is 0 Å². The van der Waals surface area contributed by atoms with Crippen LogP contribution in [-0.4, -0.2) is 51.0 Å². The Morgan fingerprint density at radius 1 is 1.29 bits per heavy atom. The summed E-state index contributed by atoms with van der Waals surface area (Å²) in [6.07, 6.45) is 2.78. The molecule has 84 valence electrons. The number of likely N-dealkylation sites (N-methyl/N-ethyl adjacent to an activating group) is 1. The molecular formula is C10H24N4. The molecule has 0 bridgehead atoms. The molecule has 1 fully saturated rings. The van der Waals surface area contributed by atoms with Crippen molar-refractivity contribution in [2.24, 2.45) is 0 Å². The molecule has 0 amide bonds. The van der Waals surface area contributed by atoms with Crippen LogP contribution in [0.1, 0.15) is 19.8 Å². The van der Waals surface area contributed by atoms with Crippen LogP contribution in [0.15, 0.2) is 0 Å². The summed E-state index contributed by atoms with van der Waals surface area (Å²) in [5.41, 5.74) is 0. The molecule has 0 aromatic carbocycles. The van der Waals surface area contributed by atoms with Crippen molar-refractivity contribution in [2.45, 2.75) is 26.1 Å². The third kappa shape index (κ3) is 4.91. The summed E-state index contributed by atoms with van der Waals surface area (Å²) >= 11 is 0. The number of nitrogens with one attached hydrogen (secondary N) is 3. The first-order valence-corrected chi connectivity index (χ1v) is 5.71. The highest BCUT2D eigenvalue weighted by atomic mass is 15.3. The van der Waals surface area contributed by atoms with E-state index in [9.17, 15) is 0 Å². The van der Waals surface area contributed by atoms with Gasteiger partial charge in [0.2, 0.25) is 0 Å². The Morgan fingerprint density at radius 3 is 2.64 bits per heavy atom. The number of rotatable bonds is 6. The summed E-state index contributed by atoms with van der Waals surface area (Å²) < 4.78 is 0. The van der Waals surface area contributed by atoms with Gasteiger partial charge in [-0.2, -0.15) is 0 Å². The average Bonchev–Trinajstić information content (AvgIpc) is 2.20. The molecule has 0 saturated carbocycles. The van der Waals surface area contributed by atoms with E-state index >= 15 is 0 Å². The largest absolute Gasteiger partial charge is 0.305 e. The molecule has 0 aromatic rings. The highest BCUT2D eigenvalue weighted by Crippen LogP contribution is 1.87. The molecule has 0 aromatic heterocycles. The van der Waals surface area contributed by atoms with Crippen LogP contribution in [-0.2, 0) is 0 Å². The zero-order chi connectivity index (χ0) is 10.2. The smallest absolute Gasteiger partial charge is 0.111 e. The van der Waals surface area contributed by atoms with E-state index in [0.29, 0.717) is 6.29 Å². The van der Waals surface area contributed by atoms with Gasteiger partial charge < -0.3 is 4.90 Å². The normalized spacial score (nSPS) is 19.1. The van der Waals surface area contributed by atoms with E-state index in [4.69, 9.17) is 0 Å². The molecular weight excluding hydrogens is 176 g/mol. The van der Waals surface area contributed by atoms with Crippen molar-refractivity contribution >= 4 is 0 Å². The van der Waals surface area contributed by atoms with Crippen LogP contribution >= 0.6 is 0 Å². The molecule has 1 aliphatic rings. The Labute approximate surface area is 87.4 Å². The molecule has 3 N–H and O–H groups in total. The van der Waals surface area contributed by atoms with Crippen LogP contribution < -0.4 is 16.0 Å². The van der Waals surface area contributed by atoms with E-state index < -0.39 is 0 Å². The lowest BCUT2D eigenvalue weighted by Gasteiger charge is -2.27. The second kappa shape index (κ2) is 7.17. The zero-order valence-electron chi connectivity index (χ0n) is 9.47. The maximum absolute atomic E-state index is 3.45. The van der Waals surface area contributed by atoms with E-state index in [0.717, 1.165) is 26.2 Å². The summed E-state index contributed by atoms with van der Waals surface area (Å²) in [6.45, 7) is 7.81. The minimum atomic E-state index is 0.318. The Hall–Kier alpha value is -0.160. The third-order valence-electron chi connectivity index (χ3n) is 2.50. The van der Waals surface area contributed by atoms with Gasteiger partial charge in [-0.25, -0.2) is 0 Å². The number of hydrogen-bond donors (Lipinski definition) is 3. The molecule has 4 heteroatoms. The topological polar surface area (TPSA) is 39.3 Å². The van der Waals surface area contributed by atoms with Crippen LogP contribution in [0.4, 0.5) is 0 Å². The molecule has 4 nitrogen and oxygen atoms in total. The molecule has 1 rings (SSSR count). The molecule has 0 atom stereocenters. The van der Waals surface area contributed by atoms with Crippen molar-refractivity contribution in [3.05, 3.63) is 0 Å². The van der Waals surface area contributed by atoms with Crippen molar-refractivity contribution in [2.75, 3.05) is 39.8 Å². The van der Waals surface area contributed by atoms with Gasteiger partial charge in [0.25, 0.3) is 0 Å². The van der Waals surface area contributed by atoms with E-state index in [-0.39, 0.29) is 0 Å². The summed E-state index contributed by atoms with van der Waals surface area (Å²) in [5, 5.41) is 10.2. The molecule has 0 spiro atoms. The van der Waals surface area contributed by atoms with Crippen molar-refractivity contribution in [1.82, 2.24) is 20.9 Å². The lowest BCUT2D eigenvalue weighted by atomic mass is 10.3. The van der Waals surface area contributed by atoms with Crippen LogP contribution in [0.5, 0.6) is 0 Å². The maximum atomic E-state index is 3.45. The third-order valence-corrected chi connectivity index (χ3v) is 2.50. The number of nitrogens with zero attached hydrogens (tertiary/aromatic N) is 1. The summed E-state index contributed by atoms with van der Waals surface area (Å²) in [7, 11) is 2.17. The van der Waals surface area contributed by atoms with Crippen LogP contribution in [0.3, 0.4) is 0 Å². The Kier molecular flexibility index (Phi) is 6.10. The SMILES string of the molecule is CCCN(C)CCNC1NCCCN1. The highest BCUT2D eigenvalue weighted by Gasteiger charge is 2.09. The minimum Gasteiger partial charge on any atom is -0.305 e. The van der Waals surface area contributed by atoms with E-state index in [2.05, 4.69) is 34.8 Å². The first kappa shape index (κ1) is 11.9. The molecule has 0 radical (unpaired) electrons. The van der Waals surface area contributed by atoms with Gasteiger partial charge in [-0.3, -0.25) is 16.0 Å². The zero-order valence-corrected chi connectivity index (χ0v) is 9.47. The van der Waals surface area contributed by atoms with Gasteiger partial charge in [0.15, 0.2) is 0 Å². The molecule has 1 saturated heterocycles. The van der Waals surface area contributed by atoms with Crippen molar-refractivity contribution in [1.29, 1.82) is 0 Å². The first-order valence-electron chi connectivity index (χ1n) is 5.71. The summed E-state index contributed by atoms with van der Waals surface area (Å²) in [5.74, 6) is 0. The van der Waals surface area contributed by atoms with Gasteiger partial charge in [0, 0.05) is 13.1 Å². The highest BCUT2D eigenvalue weighted by molar-refractivity contribution is 4.68. The fourth-order valence-electron chi connectivity index (χ4n) is 1.69. The number of hydrogen-bond acceptors (Lipinski definition) is 4. The van der Waals surface area contributed by atoms with Gasteiger partial charge in [-0.05, 0) is 39.5 Å². The first-order chi connectivity index (χ1) is 6.83. The van der Waals surface area contributed by atoms with E-state index in [1.165, 1.54) is 19.4 Å². The maximum Gasteiger partial charge on any atom is 0.111 e. The van der Waals surface area contributed by atoms with Gasteiger partial charge in [0.05, 0.1) is 0 Å². The lowest BCUT2D eigenvalue weighted by Crippen LogP contribution is -2.57. The monoisotopic (exact) mass is 200 g/mol. The quantitative estimate of drug-likeness (QED) is 0.554.